The third kappa shape index (κ3) is 2.23. The van der Waals surface area contributed by atoms with E-state index >= 15 is 0 Å². The highest BCUT2D eigenvalue weighted by Crippen LogP contribution is 2.14. The maximum atomic E-state index is 10.1. The first-order valence-electron chi connectivity index (χ1n) is 3.50. The molecule has 0 saturated heterocycles. The van der Waals surface area contributed by atoms with Gasteiger partial charge in [-0.15, -0.1) is 11.8 Å². The minimum atomic E-state index is -0.697. The summed E-state index contributed by atoms with van der Waals surface area (Å²) in [7, 11) is 0. The second-order valence-electron chi connectivity index (χ2n) is 1.70. The monoisotopic (exact) mass is 153 g/mol. The molecular formula is C8H8OS. The van der Waals surface area contributed by atoms with Gasteiger partial charge < -0.3 is 4.79 Å². The molecule has 0 amide bonds. The van der Waals surface area contributed by atoms with Crippen LogP contribution in [0.5, 0.6) is 0 Å². The van der Waals surface area contributed by atoms with Crippen LogP contribution in [0.2, 0.25) is 0 Å². The maximum Gasteiger partial charge on any atom is 0.130 e. The summed E-state index contributed by atoms with van der Waals surface area (Å²) in [5, 5.41) is 0. The van der Waals surface area contributed by atoms with E-state index in [-0.39, 0.29) is 0 Å². The zero-order valence-electron chi connectivity index (χ0n) is 6.36. The highest BCUT2D eigenvalue weighted by Gasteiger charge is 1.87. The lowest BCUT2D eigenvalue weighted by Crippen LogP contribution is -1.76. The number of hydrogen-bond acceptors (Lipinski definition) is 2. The molecule has 52 valence electrons. The molecule has 1 aromatic rings. The molecule has 1 rings (SSSR count). The van der Waals surface area contributed by atoms with Crippen molar-refractivity contribution < 1.29 is 6.17 Å². The number of rotatable bonds is 3. The van der Waals surface area contributed by atoms with E-state index in [1.54, 1.807) is 0 Å². The molecule has 1 atom stereocenters. The molecule has 0 aliphatic carbocycles. The second kappa shape index (κ2) is 4.12. The number of aldehydes is 1. The maximum absolute atomic E-state index is 10.1. The van der Waals surface area contributed by atoms with Gasteiger partial charge in [0.1, 0.15) is 6.29 Å². The molecule has 0 aliphatic heterocycles. The van der Waals surface area contributed by atoms with Gasteiger partial charge in [-0.05, 0) is 12.1 Å². The predicted molar refractivity (Wildman–Crippen MR) is 43.2 cm³/mol. The Hall–Kier alpha value is -0.760. The Labute approximate surface area is 65.9 Å². The highest BCUT2D eigenvalue weighted by molar-refractivity contribution is 7.99. The van der Waals surface area contributed by atoms with Crippen LogP contribution < -0.4 is 0 Å². The molecule has 0 heterocycles. The van der Waals surface area contributed by atoms with Crippen molar-refractivity contribution in [2.75, 3.05) is 5.73 Å². The van der Waals surface area contributed by atoms with Crippen molar-refractivity contribution in [2.24, 2.45) is 0 Å². The minimum Gasteiger partial charge on any atom is -0.302 e. The van der Waals surface area contributed by atoms with Crippen LogP contribution in [0.1, 0.15) is 1.37 Å². The Morgan fingerprint density at radius 1 is 1.50 bits per heavy atom. The summed E-state index contributed by atoms with van der Waals surface area (Å²) >= 11 is 1.24. The van der Waals surface area contributed by atoms with E-state index in [1.807, 2.05) is 30.3 Å². The molecule has 0 bridgehead atoms. The number of carbonyl (C=O) groups is 1. The van der Waals surface area contributed by atoms with E-state index in [0.717, 1.165) is 4.90 Å². The number of benzene rings is 1. The molecule has 0 N–H and O–H groups in total. The summed E-state index contributed by atoms with van der Waals surface area (Å²) in [5.74, 6) is 0. The van der Waals surface area contributed by atoms with Gasteiger partial charge >= 0.3 is 0 Å². The predicted octanol–water partition coefficient (Wildman–Crippen LogP) is 1.98. The lowest BCUT2D eigenvalue weighted by molar-refractivity contribution is -0.105. The smallest absolute Gasteiger partial charge is 0.130 e. The first-order valence-corrected chi connectivity index (χ1v) is 3.80. The molecule has 10 heavy (non-hydrogen) atoms. The standard InChI is InChI=1S/C8H8OS/c9-6-7-10-8-4-2-1-3-5-8/h1-6H,7H2/i7D/t7-/m1/s1. The van der Waals surface area contributed by atoms with Crippen LogP contribution in [0, 0.1) is 0 Å². The van der Waals surface area contributed by atoms with Crippen molar-refractivity contribution in [3.63, 3.8) is 0 Å². The lowest BCUT2D eigenvalue weighted by atomic mass is 10.4. The van der Waals surface area contributed by atoms with E-state index in [0.29, 0.717) is 6.29 Å². The molecule has 1 aromatic carbocycles. The number of thioether (sulfide) groups is 1. The van der Waals surface area contributed by atoms with Gasteiger partial charge in [-0.2, -0.15) is 0 Å². The first-order chi connectivity index (χ1) is 5.33. The van der Waals surface area contributed by atoms with E-state index in [2.05, 4.69) is 0 Å². The summed E-state index contributed by atoms with van der Waals surface area (Å²) in [4.78, 5) is 11.1. The molecule has 0 unspecified atom stereocenters. The molecular weight excluding hydrogens is 144 g/mol. The summed E-state index contributed by atoms with van der Waals surface area (Å²) in [6.07, 6.45) is 0.623. The zero-order chi connectivity index (χ0) is 8.10. The van der Waals surface area contributed by atoms with Gasteiger partial charge in [0, 0.05) is 6.27 Å². The Morgan fingerprint density at radius 3 is 2.80 bits per heavy atom. The van der Waals surface area contributed by atoms with Gasteiger partial charge in [-0.25, -0.2) is 0 Å². The Balaban J connectivity index is 2.57. The van der Waals surface area contributed by atoms with Crippen LogP contribution in [-0.4, -0.2) is 12.0 Å². The van der Waals surface area contributed by atoms with Crippen LogP contribution in [0.15, 0.2) is 35.2 Å². The van der Waals surface area contributed by atoms with E-state index in [9.17, 15) is 4.79 Å². The second-order valence-corrected chi connectivity index (χ2v) is 2.68. The van der Waals surface area contributed by atoms with Crippen molar-refractivity contribution in [1.29, 1.82) is 0 Å². The van der Waals surface area contributed by atoms with Crippen molar-refractivity contribution >= 4 is 18.0 Å². The van der Waals surface area contributed by atoms with E-state index in [1.165, 1.54) is 11.8 Å². The molecule has 0 saturated carbocycles. The molecule has 2 heteroatoms. The van der Waals surface area contributed by atoms with Crippen LogP contribution in [0.25, 0.3) is 0 Å². The average Bonchev–Trinajstić information content (AvgIpc) is 2.06. The van der Waals surface area contributed by atoms with Gasteiger partial charge in [-0.1, -0.05) is 18.2 Å². The first kappa shape index (κ1) is 5.98. The van der Waals surface area contributed by atoms with Gasteiger partial charge in [0.2, 0.25) is 0 Å². The largest absolute Gasteiger partial charge is 0.302 e. The van der Waals surface area contributed by atoms with Gasteiger partial charge in [-0.3, -0.25) is 0 Å². The normalized spacial score (nSPS) is 13.8. The molecule has 0 spiro atoms. The van der Waals surface area contributed by atoms with Crippen LogP contribution in [0.4, 0.5) is 0 Å². The number of carbonyl (C=O) groups excluding carboxylic acids is 1. The zero-order valence-corrected chi connectivity index (χ0v) is 6.17. The molecule has 0 radical (unpaired) electrons. The fourth-order valence-electron chi connectivity index (χ4n) is 0.605. The highest BCUT2D eigenvalue weighted by atomic mass is 32.2. The average molecular weight is 153 g/mol. The third-order valence-electron chi connectivity index (χ3n) is 1.00. The molecule has 0 fully saturated rings. The Bertz CT molecular complexity index is 225. The van der Waals surface area contributed by atoms with Crippen molar-refractivity contribution in [1.82, 2.24) is 0 Å². The molecule has 0 aromatic heterocycles. The van der Waals surface area contributed by atoms with E-state index in [4.69, 9.17) is 1.37 Å². The summed E-state index contributed by atoms with van der Waals surface area (Å²) < 4.78 is 7.15. The third-order valence-corrected chi connectivity index (χ3v) is 1.79. The fourth-order valence-corrected chi connectivity index (χ4v) is 1.13. The van der Waals surface area contributed by atoms with Crippen molar-refractivity contribution in [2.45, 2.75) is 4.90 Å². The molecule has 0 aliphatic rings. The van der Waals surface area contributed by atoms with Gasteiger partial charge in [0.25, 0.3) is 0 Å². The Kier molecular flexibility index (Phi) is 2.46. The fraction of sp³-hybridized carbons (Fsp3) is 0.125. The SMILES string of the molecule is [2H][C@H](C=O)Sc1ccccc1. The molecule has 1 nitrogen and oxygen atoms in total. The Morgan fingerprint density at radius 2 is 2.20 bits per heavy atom. The van der Waals surface area contributed by atoms with Crippen LogP contribution in [0.3, 0.4) is 0 Å². The summed E-state index contributed by atoms with van der Waals surface area (Å²) in [5.41, 5.74) is -0.697. The summed E-state index contributed by atoms with van der Waals surface area (Å²) in [6.45, 7) is 0. The number of hydrogen-bond donors (Lipinski definition) is 0. The minimum absolute atomic E-state index is 0.623. The van der Waals surface area contributed by atoms with Crippen molar-refractivity contribution in [3.05, 3.63) is 30.3 Å². The van der Waals surface area contributed by atoms with Crippen LogP contribution >= 0.6 is 11.8 Å². The van der Waals surface area contributed by atoms with Gasteiger partial charge in [0.05, 0.1) is 5.73 Å². The van der Waals surface area contributed by atoms with Crippen LogP contribution in [-0.2, 0) is 4.79 Å². The van der Waals surface area contributed by atoms with E-state index < -0.39 is 5.73 Å². The topological polar surface area (TPSA) is 17.1 Å². The quantitative estimate of drug-likeness (QED) is 0.488. The lowest BCUT2D eigenvalue weighted by Gasteiger charge is -1.93. The van der Waals surface area contributed by atoms with Gasteiger partial charge in [0.15, 0.2) is 0 Å². The summed E-state index contributed by atoms with van der Waals surface area (Å²) in [6, 6.07) is 9.45. The van der Waals surface area contributed by atoms with Crippen molar-refractivity contribution in [3.8, 4) is 0 Å².